The van der Waals surface area contributed by atoms with E-state index in [1.807, 2.05) is 12.1 Å². The van der Waals surface area contributed by atoms with Crippen molar-refractivity contribution in [2.45, 2.75) is 6.18 Å². The molecule has 0 aliphatic carbocycles. The number of aromatic nitrogens is 2. The Bertz CT molecular complexity index is 1090. The van der Waals surface area contributed by atoms with E-state index in [0.717, 1.165) is 23.6 Å². The molecule has 0 aliphatic heterocycles. The van der Waals surface area contributed by atoms with E-state index >= 15 is 0 Å². The zero-order valence-corrected chi connectivity index (χ0v) is 12.0. The van der Waals surface area contributed by atoms with Crippen LogP contribution in [0, 0.1) is 0 Å². The smallest absolute Gasteiger partial charge is 0.416 e. The monoisotopic (exact) mass is 330 g/mol. The van der Waals surface area contributed by atoms with Crippen LogP contribution in [0.4, 0.5) is 13.2 Å². The third kappa shape index (κ3) is 2.34. The first-order chi connectivity index (χ1) is 11.4. The molecule has 0 atom stereocenters. The highest BCUT2D eigenvalue weighted by Crippen LogP contribution is 2.31. The number of halogens is 3. The van der Waals surface area contributed by atoms with Crippen molar-refractivity contribution in [1.29, 1.82) is 0 Å². The lowest BCUT2D eigenvalue weighted by Crippen LogP contribution is -2.11. The maximum absolute atomic E-state index is 12.8. The second kappa shape index (κ2) is 4.95. The lowest BCUT2D eigenvalue weighted by molar-refractivity contribution is -0.137. The van der Waals surface area contributed by atoms with E-state index in [2.05, 4.69) is 9.97 Å². The van der Waals surface area contributed by atoms with Gasteiger partial charge >= 0.3 is 6.18 Å². The van der Waals surface area contributed by atoms with Crippen molar-refractivity contribution in [1.82, 2.24) is 9.97 Å². The van der Waals surface area contributed by atoms with Crippen LogP contribution in [0.3, 0.4) is 0 Å². The fourth-order valence-electron chi connectivity index (χ4n) is 2.53. The van der Waals surface area contributed by atoms with Crippen LogP contribution in [-0.4, -0.2) is 9.97 Å². The van der Waals surface area contributed by atoms with Gasteiger partial charge in [0.25, 0.3) is 5.56 Å². The van der Waals surface area contributed by atoms with Crippen LogP contribution in [0.15, 0.2) is 57.7 Å². The Morgan fingerprint density at radius 3 is 2.58 bits per heavy atom. The molecule has 0 unspecified atom stereocenters. The number of nitrogens with zero attached hydrogens (tertiary/aromatic N) is 1. The van der Waals surface area contributed by atoms with Gasteiger partial charge in [-0.3, -0.25) is 4.79 Å². The molecule has 1 N–H and O–H groups in total. The minimum Gasteiger partial charge on any atom is -0.453 e. The molecule has 2 heterocycles. The van der Waals surface area contributed by atoms with Gasteiger partial charge in [-0.25, -0.2) is 4.98 Å². The second-order valence-electron chi connectivity index (χ2n) is 5.29. The summed E-state index contributed by atoms with van der Waals surface area (Å²) in [4.78, 5) is 18.8. The number of nitrogens with one attached hydrogen (secondary N) is 1. The number of H-pyrrole nitrogens is 1. The van der Waals surface area contributed by atoms with E-state index in [1.165, 1.54) is 0 Å². The number of rotatable bonds is 1. The zero-order chi connectivity index (χ0) is 16.9. The molecule has 7 heteroatoms. The van der Waals surface area contributed by atoms with E-state index in [1.54, 1.807) is 18.2 Å². The Labute approximate surface area is 132 Å². The van der Waals surface area contributed by atoms with Crippen molar-refractivity contribution in [3.63, 3.8) is 0 Å². The molecule has 4 rings (SSSR count). The summed E-state index contributed by atoms with van der Waals surface area (Å²) in [6.45, 7) is 0. The average Bonchev–Trinajstić information content (AvgIpc) is 2.97. The second-order valence-corrected chi connectivity index (χ2v) is 5.29. The summed E-state index contributed by atoms with van der Waals surface area (Å²) in [5.41, 5.74) is -0.823. The Morgan fingerprint density at radius 2 is 1.83 bits per heavy atom. The van der Waals surface area contributed by atoms with E-state index in [4.69, 9.17) is 4.42 Å². The molecular weight excluding hydrogens is 321 g/mol. The van der Waals surface area contributed by atoms with Gasteiger partial charge < -0.3 is 9.40 Å². The number of hydrogen-bond donors (Lipinski definition) is 1. The Kier molecular flexibility index (Phi) is 2.99. The summed E-state index contributed by atoms with van der Waals surface area (Å²) >= 11 is 0. The van der Waals surface area contributed by atoms with Crippen LogP contribution in [-0.2, 0) is 6.18 Å². The number of benzene rings is 2. The van der Waals surface area contributed by atoms with Crippen LogP contribution in [0.25, 0.3) is 33.5 Å². The number of hydrogen-bond acceptors (Lipinski definition) is 3. The molecule has 4 aromatic rings. The molecule has 0 radical (unpaired) electrons. The Morgan fingerprint density at radius 1 is 1.04 bits per heavy atom. The third-order valence-electron chi connectivity index (χ3n) is 3.69. The highest BCUT2D eigenvalue weighted by molar-refractivity contribution is 5.83. The molecule has 2 aromatic heterocycles. The average molecular weight is 330 g/mol. The molecule has 0 aliphatic rings. The van der Waals surface area contributed by atoms with Gasteiger partial charge in [0.2, 0.25) is 0 Å². The quantitative estimate of drug-likeness (QED) is 0.564. The summed E-state index contributed by atoms with van der Waals surface area (Å²) in [5, 5.41) is 0.891. The van der Waals surface area contributed by atoms with Gasteiger partial charge in [0.05, 0.1) is 16.5 Å². The first-order valence-corrected chi connectivity index (χ1v) is 7.02. The van der Waals surface area contributed by atoms with Crippen LogP contribution < -0.4 is 5.56 Å². The number of furan rings is 1. The molecule has 2 aromatic carbocycles. The van der Waals surface area contributed by atoms with Gasteiger partial charge in [0.1, 0.15) is 5.58 Å². The van der Waals surface area contributed by atoms with Gasteiger partial charge in [-0.05, 0) is 30.3 Å². The fraction of sp³-hybridized carbons (Fsp3) is 0.0588. The number of aromatic amines is 1. The fourth-order valence-corrected chi connectivity index (χ4v) is 2.53. The first kappa shape index (κ1) is 14.5. The molecule has 0 fully saturated rings. The molecule has 0 bridgehead atoms. The van der Waals surface area contributed by atoms with Crippen molar-refractivity contribution >= 4 is 21.9 Å². The zero-order valence-electron chi connectivity index (χ0n) is 12.0. The minimum atomic E-state index is -4.50. The summed E-state index contributed by atoms with van der Waals surface area (Å²) in [5.74, 6) is 0.371. The van der Waals surface area contributed by atoms with Crippen molar-refractivity contribution < 1.29 is 17.6 Å². The third-order valence-corrected chi connectivity index (χ3v) is 3.69. The van der Waals surface area contributed by atoms with Crippen LogP contribution in [0.1, 0.15) is 5.56 Å². The molecule has 4 nitrogen and oxygen atoms in total. The number of para-hydroxylation sites is 1. The lowest BCUT2D eigenvalue weighted by atomic mass is 10.1. The lowest BCUT2D eigenvalue weighted by Gasteiger charge is -2.07. The van der Waals surface area contributed by atoms with Crippen molar-refractivity contribution in [3.05, 3.63) is 64.4 Å². The minimum absolute atomic E-state index is 0.0379. The van der Waals surface area contributed by atoms with Gasteiger partial charge in [-0.2, -0.15) is 13.2 Å². The van der Waals surface area contributed by atoms with Gasteiger partial charge in [-0.1, -0.05) is 18.2 Å². The van der Waals surface area contributed by atoms with E-state index in [0.29, 0.717) is 5.58 Å². The van der Waals surface area contributed by atoms with Gasteiger partial charge in [0.15, 0.2) is 11.6 Å². The molecule has 24 heavy (non-hydrogen) atoms. The highest BCUT2D eigenvalue weighted by Gasteiger charge is 2.30. The Hall–Kier alpha value is -3.09. The molecule has 0 spiro atoms. The van der Waals surface area contributed by atoms with E-state index in [-0.39, 0.29) is 22.5 Å². The highest BCUT2D eigenvalue weighted by atomic mass is 19.4. The maximum Gasteiger partial charge on any atom is 0.416 e. The van der Waals surface area contributed by atoms with Crippen molar-refractivity contribution in [2.24, 2.45) is 0 Å². The standard InChI is InChI=1S/C17H9F3N2O2/c18-17(19,20)10-5-6-11-12(8-10)21-15(22-16(11)23)14-7-9-3-1-2-4-13(9)24-14/h1-8H,(H,21,22,23). The topological polar surface area (TPSA) is 58.9 Å². The van der Waals surface area contributed by atoms with Crippen LogP contribution in [0.5, 0.6) is 0 Å². The summed E-state index contributed by atoms with van der Waals surface area (Å²) in [6.07, 6.45) is -4.50. The number of alkyl halides is 3. The number of fused-ring (bicyclic) bond motifs is 2. The SMILES string of the molecule is O=c1[nH]c(-c2cc3ccccc3o2)nc2cc(C(F)(F)F)ccc12. The molecule has 0 saturated heterocycles. The Balaban J connectivity index is 1.94. The molecular formula is C17H9F3N2O2. The largest absolute Gasteiger partial charge is 0.453 e. The van der Waals surface area contributed by atoms with Crippen molar-refractivity contribution in [2.75, 3.05) is 0 Å². The van der Waals surface area contributed by atoms with E-state index in [9.17, 15) is 18.0 Å². The maximum atomic E-state index is 12.8. The summed E-state index contributed by atoms with van der Waals surface area (Å²) in [7, 11) is 0. The molecule has 0 saturated carbocycles. The molecule has 120 valence electrons. The predicted molar refractivity (Wildman–Crippen MR) is 82.6 cm³/mol. The summed E-state index contributed by atoms with van der Waals surface area (Å²) < 4.78 is 44.1. The normalized spacial score (nSPS) is 12.1. The molecule has 0 amide bonds. The summed E-state index contributed by atoms with van der Waals surface area (Å²) in [6, 6.07) is 11.7. The van der Waals surface area contributed by atoms with Crippen molar-refractivity contribution in [3.8, 4) is 11.6 Å². The van der Waals surface area contributed by atoms with Crippen LogP contribution in [0.2, 0.25) is 0 Å². The van der Waals surface area contributed by atoms with E-state index < -0.39 is 17.3 Å². The van der Waals surface area contributed by atoms with Gasteiger partial charge in [-0.15, -0.1) is 0 Å². The first-order valence-electron chi connectivity index (χ1n) is 7.02. The van der Waals surface area contributed by atoms with Gasteiger partial charge in [0, 0.05) is 5.39 Å². The predicted octanol–water partition coefficient (Wildman–Crippen LogP) is 4.36. The van der Waals surface area contributed by atoms with Crippen LogP contribution >= 0.6 is 0 Å².